The number of anilines is 1. The van der Waals surface area contributed by atoms with Gasteiger partial charge in [0.1, 0.15) is 6.07 Å². The maximum absolute atomic E-state index is 12.8. The topological polar surface area (TPSA) is 169 Å². The summed E-state index contributed by atoms with van der Waals surface area (Å²) < 4.78 is 10.5. The third-order valence-electron chi connectivity index (χ3n) is 5.16. The maximum atomic E-state index is 12.8. The van der Waals surface area contributed by atoms with Crippen molar-refractivity contribution >= 4 is 29.4 Å². The number of rotatable bonds is 6. The first-order valence-electron chi connectivity index (χ1n) is 10.7. The number of carbonyl (C=O) groups is 4. The predicted molar refractivity (Wildman–Crippen MR) is 127 cm³/mol. The van der Waals surface area contributed by atoms with E-state index in [1.165, 1.54) is 7.11 Å². The Kier molecular flexibility index (Phi) is 10.2. The molecule has 12 nitrogen and oxygen atoms in total. The molecule has 3 rings (SSSR count). The average molecular weight is 498 g/mol. The van der Waals surface area contributed by atoms with Crippen molar-refractivity contribution in [3.8, 4) is 17.6 Å². The summed E-state index contributed by atoms with van der Waals surface area (Å²) in [5.74, 6) is -2.83. The third-order valence-corrected chi connectivity index (χ3v) is 5.16. The molecule has 1 saturated heterocycles. The Balaban J connectivity index is 0.000000678. The molecule has 2 aromatic rings. The summed E-state index contributed by atoms with van der Waals surface area (Å²) in [4.78, 5) is 47.1. The van der Waals surface area contributed by atoms with Crippen LogP contribution in [0.4, 0.5) is 5.69 Å². The van der Waals surface area contributed by atoms with Gasteiger partial charge in [-0.1, -0.05) is 12.1 Å². The fraction of sp³-hybridized carbons (Fsp3) is 0.292. The van der Waals surface area contributed by atoms with Crippen LogP contribution in [0.3, 0.4) is 0 Å². The molecule has 12 heteroatoms. The van der Waals surface area contributed by atoms with E-state index in [1.54, 1.807) is 54.5 Å². The number of nitriles is 1. The van der Waals surface area contributed by atoms with Crippen molar-refractivity contribution in [1.82, 2.24) is 9.80 Å². The lowest BCUT2D eigenvalue weighted by molar-refractivity contribution is -0.159. The van der Waals surface area contributed by atoms with E-state index in [0.717, 1.165) is 0 Å². The summed E-state index contributed by atoms with van der Waals surface area (Å²) in [7, 11) is 3.08. The quantitative estimate of drug-likeness (QED) is 0.491. The van der Waals surface area contributed by atoms with Gasteiger partial charge in [-0.05, 0) is 30.3 Å². The monoisotopic (exact) mass is 498 g/mol. The first kappa shape index (κ1) is 27.6. The molecule has 1 heterocycles. The summed E-state index contributed by atoms with van der Waals surface area (Å²) in [5.41, 5.74) is 1.47. The zero-order chi connectivity index (χ0) is 26.7. The van der Waals surface area contributed by atoms with E-state index in [4.69, 9.17) is 34.5 Å². The normalized spacial score (nSPS) is 12.9. The Morgan fingerprint density at radius 1 is 0.944 bits per heavy atom. The highest BCUT2D eigenvalue weighted by Gasteiger charge is 2.24. The van der Waals surface area contributed by atoms with E-state index in [1.807, 2.05) is 4.90 Å². The first-order valence-corrected chi connectivity index (χ1v) is 10.7. The Morgan fingerprint density at radius 2 is 1.56 bits per heavy atom. The van der Waals surface area contributed by atoms with Crippen LogP contribution in [0.2, 0.25) is 0 Å². The van der Waals surface area contributed by atoms with E-state index in [0.29, 0.717) is 54.5 Å². The van der Waals surface area contributed by atoms with Crippen LogP contribution in [-0.4, -0.2) is 90.7 Å². The van der Waals surface area contributed by atoms with E-state index >= 15 is 0 Å². The molecule has 0 radical (unpaired) electrons. The van der Waals surface area contributed by atoms with Gasteiger partial charge in [-0.3, -0.25) is 14.5 Å². The third kappa shape index (κ3) is 7.71. The van der Waals surface area contributed by atoms with Crippen LogP contribution in [-0.2, 0) is 14.4 Å². The molecule has 0 bridgehead atoms. The number of methoxy groups -OCH3 is 2. The fourth-order valence-electron chi connectivity index (χ4n) is 3.34. The highest BCUT2D eigenvalue weighted by atomic mass is 16.5. The number of nitrogens with zero attached hydrogens (tertiary/aromatic N) is 3. The van der Waals surface area contributed by atoms with Crippen LogP contribution in [0, 0.1) is 11.3 Å². The lowest BCUT2D eigenvalue weighted by Crippen LogP contribution is -2.50. The minimum absolute atomic E-state index is 0.0806. The molecule has 36 heavy (non-hydrogen) atoms. The molecule has 0 saturated carbocycles. The number of para-hydroxylation sites is 1. The highest BCUT2D eigenvalue weighted by molar-refractivity contribution is 6.27. The smallest absolute Gasteiger partial charge is 0.414 e. The van der Waals surface area contributed by atoms with Crippen LogP contribution in [0.15, 0.2) is 42.5 Å². The molecular weight excluding hydrogens is 472 g/mol. The van der Waals surface area contributed by atoms with Gasteiger partial charge in [-0.25, -0.2) is 9.59 Å². The lowest BCUT2D eigenvalue weighted by Gasteiger charge is -2.34. The number of carboxylic acid groups (broad SMARTS) is 2. The van der Waals surface area contributed by atoms with E-state index < -0.39 is 11.9 Å². The second-order valence-electron chi connectivity index (χ2n) is 7.45. The molecule has 1 aliphatic rings. The predicted octanol–water partition coefficient (Wildman–Crippen LogP) is 1.13. The Morgan fingerprint density at radius 3 is 2.11 bits per heavy atom. The number of aliphatic carboxylic acids is 2. The molecule has 0 aromatic heterocycles. The SMILES string of the molecule is COc1ccc(C(=O)N2CCN(CC(=O)Nc3ccccc3C#N)CC2)cc1OC.O=C(O)C(=O)O. The zero-order valence-electron chi connectivity index (χ0n) is 19.8. The zero-order valence-corrected chi connectivity index (χ0v) is 19.8. The summed E-state index contributed by atoms with van der Waals surface area (Å²) >= 11 is 0. The van der Waals surface area contributed by atoms with Gasteiger partial charge < -0.3 is 29.9 Å². The number of hydrogen-bond donors (Lipinski definition) is 3. The number of carboxylic acids is 2. The summed E-state index contributed by atoms with van der Waals surface area (Å²) in [6, 6.07) is 14.1. The molecular formula is C24H26N4O8. The van der Waals surface area contributed by atoms with Crippen molar-refractivity contribution in [1.29, 1.82) is 5.26 Å². The van der Waals surface area contributed by atoms with Gasteiger partial charge in [0.05, 0.1) is 32.0 Å². The lowest BCUT2D eigenvalue weighted by atomic mass is 10.1. The Labute approximate surface area is 207 Å². The molecule has 0 unspecified atom stereocenters. The fourth-order valence-corrected chi connectivity index (χ4v) is 3.34. The summed E-state index contributed by atoms with van der Waals surface area (Å²) in [5, 5.41) is 26.7. The van der Waals surface area contributed by atoms with E-state index in [2.05, 4.69) is 11.4 Å². The van der Waals surface area contributed by atoms with Gasteiger partial charge in [-0.15, -0.1) is 0 Å². The highest BCUT2D eigenvalue weighted by Crippen LogP contribution is 2.28. The van der Waals surface area contributed by atoms with Crippen molar-refractivity contribution in [2.75, 3.05) is 52.3 Å². The molecule has 1 aliphatic heterocycles. The first-order chi connectivity index (χ1) is 17.2. The Hall–Kier alpha value is -4.63. The minimum atomic E-state index is -1.82. The van der Waals surface area contributed by atoms with Crippen molar-refractivity contribution in [3.63, 3.8) is 0 Å². The minimum Gasteiger partial charge on any atom is -0.493 e. The second kappa shape index (κ2) is 13.3. The van der Waals surface area contributed by atoms with Crippen molar-refractivity contribution < 1.29 is 38.9 Å². The second-order valence-corrected chi connectivity index (χ2v) is 7.45. The van der Waals surface area contributed by atoms with Crippen LogP contribution in [0.1, 0.15) is 15.9 Å². The molecule has 1 fully saturated rings. The maximum Gasteiger partial charge on any atom is 0.414 e. The number of amides is 2. The van der Waals surface area contributed by atoms with E-state index in [9.17, 15) is 9.59 Å². The molecule has 0 aliphatic carbocycles. The molecule has 0 spiro atoms. The molecule has 0 atom stereocenters. The summed E-state index contributed by atoms with van der Waals surface area (Å²) in [6.45, 7) is 2.43. The van der Waals surface area contributed by atoms with E-state index in [-0.39, 0.29) is 18.4 Å². The number of benzene rings is 2. The van der Waals surface area contributed by atoms with Crippen LogP contribution in [0.25, 0.3) is 0 Å². The van der Waals surface area contributed by atoms with Gasteiger partial charge in [0, 0.05) is 31.7 Å². The molecule has 2 amide bonds. The number of ether oxygens (including phenoxy) is 2. The van der Waals surface area contributed by atoms with Gasteiger partial charge >= 0.3 is 11.9 Å². The molecule has 3 N–H and O–H groups in total. The standard InChI is InChI=1S/C22H24N4O4.C2H2O4/c1-29-19-8-7-16(13-20(19)30-2)22(28)26-11-9-25(10-12-26)15-21(27)24-18-6-4-3-5-17(18)14-23;3-1(4)2(5)6/h3-8,13H,9-12,15H2,1-2H3,(H,24,27);(H,3,4)(H,5,6). The number of piperazine rings is 1. The van der Waals surface area contributed by atoms with Crippen molar-refractivity contribution in [2.24, 2.45) is 0 Å². The van der Waals surface area contributed by atoms with Crippen molar-refractivity contribution in [3.05, 3.63) is 53.6 Å². The molecule has 190 valence electrons. The number of nitrogens with one attached hydrogen (secondary N) is 1. The number of hydrogen-bond acceptors (Lipinski definition) is 8. The average Bonchev–Trinajstić information content (AvgIpc) is 2.88. The van der Waals surface area contributed by atoms with Gasteiger partial charge in [0.2, 0.25) is 5.91 Å². The Bertz CT molecular complexity index is 1140. The number of carbonyl (C=O) groups excluding carboxylic acids is 2. The van der Waals surface area contributed by atoms with Crippen LogP contribution >= 0.6 is 0 Å². The molecule has 2 aromatic carbocycles. The van der Waals surface area contributed by atoms with Gasteiger partial charge in [0.25, 0.3) is 5.91 Å². The van der Waals surface area contributed by atoms with Crippen LogP contribution in [0.5, 0.6) is 11.5 Å². The van der Waals surface area contributed by atoms with Gasteiger partial charge in [-0.2, -0.15) is 5.26 Å². The van der Waals surface area contributed by atoms with Gasteiger partial charge in [0.15, 0.2) is 11.5 Å². The van der Waals surface area contributed by atoms with Crippen LogP contribution < -0.4 is 14.8 Å². The largest absolute Gasteiger partial charge is 0.493 e. The summed E-state index contributed by atoms with van der Waals surface area (Å²) in [6.07, 6.45) is 0. The van der Waals surface area contributed by atoms with Crippen molar-refractivity contribution in [2.45, 2.75) is 0 Å².